The van der Waals surface area contributed by atoms with Crippen molar-refractivity contribution in [3.63, 3.8) is 0 Å². The molecule has 0 aliphatic rings. The molecule has 0 saturated heterocycles. The van der Waals surface area contributed by atoms with Crippen LogP contribution in [0, 0.1) is 0 Å². The number of benzene rings is 1. The summed E-state index contributed by atoms with van der Waals surface area (Å²) in [5.74, 6) is -0.527. The van der Waals surface area contributed by atoms with E-state index in [1.54, 1.807) is 43.3 Å². The number of hydrogen-bond acceptors (Lipinski definition) is 4. The number of furan rings is 1. The van der Waals surface area contributed by atoms with Gasteiger partial charge in [0, 0.05) is 11.6 Å². The predicted molar refractivity (Wildman–Crippen MR) is 73.4 cm³/mol. The minimum Gasteiger partial charge on any atom is -0.467 e. The van der Waals surface area contributed by atoms with E-state index in [4.69, 9.17) is 9.15 Å². The number of methoxy groups -OCH3 is 1. The Morgan fingerprint density at radius 2 is 1.85 bits per heavy atom. The molecule has 1 amide bonds. The average molecular weight is 273 g/mol. The van der Waals surface area contributed by atoms with Crippen LogP contribution < -0.4 is 4.90 Å². The van der Waals surface area contributed by atoms with Crippen molar-refractivity contribution in [2.45, 2.75) is 13.0 Å². The van der Waals surface area contributed by atoms with E-state index >= 15 is 0 Å². The molecule has 104 valence electrons. The number of nitrogens with zero attached hydrogens (tertiary/aromatic N) is 1. The lowest BCUT2D eigenvalue weighted by Crippen LogP contribution is -2.44. The van der Waals surface area contributed by atoms with E-state index in [1.165, 1.54) is 18.3 Å². The van der Waals surface area contributed by atoms with E-state index in [0.29, 0.717) is 11.4 Å². The van der Waals surface area contributed by atoms with Crippen LogP contribution in [0.1, 0.15) is 17.3 Å². The van der Waals surface area contributed by atoms with Gasteiger partial charge in [-0.3, -0.25) is 9.69 Å². The van der Waals surface area contributed by atoms with Crippen LogP contribution >= 0.6 is 0 Å². The fourth-order valence-electron chi connectivity index (χ4n) is 1.87. The van der Waals surface area contributed by atoms with Crippen LogP contribution in [0.2, 0.25) is 0 Å². The van der Waals surface area contributed by atoms with E-state index in [2.05, 4.69) is 0 Å². The predicted octanol–water partition coefficient (Wildman–Crippen LogP) is 2.49. The normalized spacial score (nSPS) is 11.7. The van der Waals surface area contributed by atoms with Crippen molar-refractivity contribution in [2.75, 3.05) is 12.0 Å². The number of hydrogen-bond donors (Lipinski definition) is 0. The van der Waals surface area contributed by atoms with Crippen LogP contribution in [-0.2, 0) is 9.53 Å². The minimum absolute atomic E-state index is 0.303. The zero-order valence-electron chi connectivity index (χ0n) is 11.3. The van der Waals surface area contributed by atoms with Gasteiger partial charge in [0.05, 0.1) is 13.4 Å². The van der Waals surface area contributed by atoms with Gasteiger partial charge in [0.1, 0.15) is 6.04 Å². The monoisotopic (exact) mass is 273 g/mol. The molecule has 0 aliphatic heterocycles. The van der Waals surface area contributed by atoms with Gasteiger partial charge in [-0.1, -0.05) is 18.2 Å². The highest BCUT2D eigenvalue weighted by Gasteiger charge is 2.30. The number of anilines is 1. The van der Waals surface area contributed by atoms with Gasteiger partial charge >= 0.3 is 5.97 Å². The minimum atomic E-state index is -0.779. The lowest BCUT2D eigenvalue weighted by atomic mass is 10.1. The first kappa shape index (κ1) is 13.9. The Morgan fingerprint density at radius 1 is 1.15 bits per heavy atom. The van der Waals surface area contributed by atoms with Gasteiger partial charge < -0.3 is 9.15 Å². The van der Waals surface area contributed by atoms with Crippen molar-refractivity contribution in [2.24, 2.45) is 0 Å². The third kappa shape index (κ3) is 2.71. The zero-order chi connectivity index (χ0) is 14.5. The second kappa shape index (κ2) is 6.06. The summed E-state index contributed by atoms with van der Waals surface area (Å²) in [4.78, 5) is 25.6. The number of carbonyl (C=O) groups excluding carboxylic acids is 2. The van der Waals surface area contributed by atoms with Gasteiger partial charge in [-0.15, -0.1) is 0 Å². The van der Waals surface area contributed by atoms with Gasteiger partial charge in [0.25, 0.3) is 5.91 Å². The third-order valence-electron chi connectivity index (χ3n) is 2.91. The molecule has 0 aliphatic carbocycles. The summed E-state index contributed by atoms with van der Waals surface area (Å²) >= 11 is 0. The van der Waals surface area contributed by atoms with Crippen LogP contribution in [0.15, 0.2) is 53.1 Å². The highest BCUT2D eigenvalue weighted by molar-refractivity contribution is 6.08. The van der Waals surface area contributed by atoms with Gasteiger partial charge in [0.2, 0.25) is 5.88 Å². The molecule has 1 atom stereocenters. The van der Waals surface area contributed by atoms with E-state index in [0.717, 1.165) is 0 Å². The lowest BCUT2D eigenvalue weighted by Gasteiger charge is -2.25. The number of ether oxygens (including phenoxy) is 1. The quantitative estimate of drug-likeness (QED) is 0.803. The van der Waals surface area contributed by atoms with E-state index in [-0.39, 0.29) is 5.91 Å². The summed E-state index contributed by atoms with van der Waals surface area (Å²) < 4.78 is 9.95. The molecule has 1 aromatic carbocycles. The maximum Gasteiger partial charge on any atom is 0.328 e. The van der Waals surface area contributed by atoms with Crippen molar-refractivity contribution in [1.29, 1.82) is 0 Å². The van der Waals surface area contributed by atoms with Crippen molar-refractivity contribution < 1.29 is 18.7 Å². The standard InChI is InChI=1S/C15H15NO4/c1-11(15(18)19-2)16(13-9-6-10-20-13)14(17)12-7-4-3-5-8-12/h3-11H,1-2H3/t11-/m0/s1. The number of esters is 1. The summed E-state index contributed by atoms with van der Waals surface area (Å²) in [6.07, 6.45) is 1.45. The highest BCUT2D eigenvalue weighted by Crippen LogP contribution is 2.21. The molecule has 5 nitrogen and oxygen atoms in total. The smallest absolute Gasteiger partial charge is 0.328 e. The van der Waals surface area contributed by atoms with Gasteiger partial charge in [0.15, 0.2) is 0 Å². The van der Waals surface area contributed by atoms with Crippen LogP contribution in [0.4, 0.5) is 5.88 Å². The molecule has 0 N–H and O–H groups in total. The summed E-state index contributed by atoms with van der Waals surface area (Å²) in [5, 5.41) is 0. The molecule has 20 heavy (non-hydrogen) atoms. The van der Waals surface area contributed by atoms with Crippen LogP contribution in [-0.4, -0.2) is 25.0 Å². The maximum absolute atomic E-state index is 12.6. The molecule has 0 saturated carbocycles. The molecule has 0 spiro atoms. The van der Waals surface area contributed by atoms with Crippen molar-refractivity contribution in [3.8, 4) is 0 Å². The first-order valence-corrected chi connectivity index (χ1v) is 6.15. The van der Waals surface area contributed by atoms with E-state index in [1.807, 2.05) is 6.07 Å². The molecule has 0 radical (unpaired) electrons. The Bertz CT molecular complexity index is 577. The lowest BCUT2D eigenvalue weighted by molar-refractivity contribution is -0.141. The molecular weight excluding hydrogens is 258 g/mol. The second-order valence-corrected chi connectivity index (χ2v) is 4.19. The van der Waals surface area contributed by atoms with Crippen molar-refractivity contribution in [1.82, 2.24) is 0 Å². The van der Waals surface area contributed by atoms with Gasteiger partial charge in [-0.05, 0) is 25.1 Å². The van der Waals surface area contributed by atoms with Gasteiger partial charge in [-0.2, -0.15) is 0 Å². The molecule has 0 unspecified atom stereocenters. The molecule has 1 heterocycles. The molecule has 2 rings (SSSR count). The van der Waals surface area contributed by atoms with Crippen LogP contribution in [0.5, 0.6) is 0 Å². The van der Waals surface area contributed by atoms with Crippen molar-refractivity contribution >= 4 is 17.8 Å². The summed E-state index contributed by atoms with van der Waals surface area (Å²) in [7, 11) is 1.28. The Morgan fingerprint density at radius 3 is 2.40 bits per heavy atom. The molecule has 0 fully saturated rings. The fraction of sp³-hybridized carbons (Fsp3) is 0.200. The van der Waals surface area contributed by atoms with Crippen LogP contribution in [0.3, 0.4) is 0 Å². The molecule has 5 heteroatoms. The second-order valence-electron chi connectivity index (χ2n) is 4.19. The summed E-state index contributed by atoms with van der Waals surface area (Å²) in [6.45, 7) is 1.59. The molecule has 2 aromatic rings. The van der Waals surface area contributed by atoms with Crippen molar-refractivity contribution in [3.05, 3.63) is 54.3 Å². The fourth-order valence-corrected chi connectivity index (χ4v) is 1.87. The Labute approximate surface area is 116 Å². The average Bonchev–Trinajstić information content (AvgIpc) is 3.01. The number of rotatable bonds is 4. The Kier molecular flexibility index (Phi) is 4.20. The van der Waals surface area contributed by atoms with E-state index in [9.17, 15) is 9.59 Å². The maximum atomic E-state index is 12.6. The van der Waals surface area contributed by atoms with E-state index < -0.39 is 12.0 Å². The molecule has 0 bridgehead atoms. The highest BCUT2D eigenvalue weighted by atomic mass is 16.5. The van der Waals surface area contributed by atoms with Gasteiger partial charge in [-0.25, -0.2) is 4.79 Å². The topological polar surface area (TPSA) is 59.8 Å². The molecule has 1 aromatic heterocycles. The Balaban J connectivity index is 2.37. The number of carbonyl (C=O) groups is 2. The Hall–Kier alpha value is -2.56. The first-order chi connectivity index (χ1) is 9.65. The SMILES string of the molecule is COC(=O)[C@H](C)N(C(=O)c1ccccc1)c1ccco1. The summed E-state index contributed by atoms with van der Waals surface area (Å²) in [6, 6.07) is 11.2. The third-order valence-corrected chi connectivity index (χ3v) is 2.91. The largest absolute Gasteiger partial charge is 0.467 e. The number of amides is 1. The molecular formula is C15H15NO4. The summed E-state index contributed by atoms with van der Waals surface area (Å²) in [5.41, 5.74) is 0.472. The zero-order valence-corrected chi connectivity index (χ0v) is 11.3. The first-order valence-electron chi connectivity index (χ1n) is 6.15. The van der Waals surface area contributed by atoms with Crippen LogP contribution in [0.25, 0.3) is 0 Å².